The number of halogens is 2. The first-order valence-electron chi connectivity index (χ1n) is 11.6. The highest BCUT2D eigenvalue weighted by Gasteiger charge is 2.44. The van der Waals surface area contributed by atoms with Gasteiger partial charge in [0.05, 0.1) is 12.0 Å². The van der Waals surface area contributed by atoms with Crippen LogP contribution < -0.4 is 5.32 Å². The standard InChI is InChI=1S/C27H25Cl2NO5S/c1-2-34-25(32)23-20(19-7-3-4-8-21(19)29)16-36-24(23)30-22(31)15-35-26(33)27(13-5-6-14-27)17-9-11-18(28)12-10-17/h3-4,7-12,16H,2,5-6,13-15H2,1H3,(H,30,31). The molecule has 1 heterocycles. The van der Waals surface area contributed by atoms with Gasteiger partial charge in [-0.3, -0.25) is 9.59 Å². The van der Waals surface area contributed by atoms with Crippen LogP contribution in [0.4, 0.5) is 5.00 Å². The summed E-state index contributed by atoms with van der Waals surface area (Å²) in [4.78, 5) is 38.7. The Bertz CT molecular complexity index is 1270. The molecule has 3 aromatic rings. The lowest BCUT2D eigenvalue weighted by atomic mass is 9.79. The molecule has 2 aromatic carbocycles. The van der Waals surface area contributed by atoms with Crippen LogP contribution in [0.25, 0.3) is 11.1 Å². The molecule has 0 aliphatic heterocycles. The summed E-state index contributed by atoms with van der Waals surface area (Å²) in [5, 5.41) is 5.81. The lowest BCUT2D eigenvalue weighted by Crippen LogP contribution is -2.36. The lowest BCUT2D eigenvalue weighted by Gasteiger charge is -2.27. The topological polar surface area (TPSA) is 81.7 Å². The van der Waals surface area contributed by atoms with E-state index in [4.69, 9.17) is 32.7 Å². The van der Waals surface area contributed by atoms with Crippen LogP contribution in [0.5, 0.6) is 0 Å². The second kappa shape index (κ2) is 11.5. The van der Waals surface area contributed by atoms with Crippen molar-refractivity contribution in [1.29, 1.82) is 0 Å². The maximum atomic E-state index is 13.2. The number of ether oxygens (including phenoxy) is 2. The van der Waals surface area contributed by atoms with E-state index >= 15 is 0 Å². The Morgan fingerprint density at radius 1 is 0.972 bits per heavy atom. The highest BCUT2D eigenvalue weighted by atomic mass is 35.5. The third kappa shape index (κ3) is 5.43. The van der Waals surface area contributed by atoms with E-state index in [2.05, 4.69) is 5.32 Å². The van der Waals surface area contributed by atoms with Crippen molar-refractivity contribution in [3.63, 3.8) is 0 Å². The number of carbonyl (C=O) groups excluding carboxylic acids is 3. The van der Waals surface area contributed by atoms with Crippen molar-refractivity contribution >= 4 is 57.4 Å². The molecular weight excluding hydrogens is 521 g/mol. The van der Waals surface area contributed by atoms with Crippen LogP contribution >= 0.6 is 34.5 Å². The Hall–Kier alpha value is -2.87. The highest BCUT2D eigenvalue weighted by molar-refractivity contribution is 7.15. The number of benzene rings is 2. The van der Waals surface area contributed by atoms with Gasteiger partial charge in [-0.2, -0.15) is 0 Å². The monoisotopic (exact) mass is 545 g/mol. The van der Waals surface area contributed by atoms with Crippen molar-refractivity contribution in [2.75, 3.05) is 18.5 Å². The van der Waals surface area contributed by atoms with Gasteiger partial charge in [-0.1, -0.05) is 66.4 Å². The quantitative estimate of drug-likeness (QED) is 0.311. The van der Waals surface area contributed by atoms with Crippen LogP contribution in [0, 0.1) is 0 Å². The third-order valence-corrected chi connectivity index (χ3v) is 7.74. The van der Waals surface area contributed by atoms with Crippen LogP contribution in [0.2, 0.25) is 10.0 Å². The van der Waals surface area contributed by atoms with Gasteiger partial charge in [0.25, 0.3) is 5.91 Å². The minimum atomic E-state index is -0.791. The number of thiophene rings is 1. The Morgan fingerprint density at radius 3 is 2.33 bits per heavy atom. The average Bonchev–Trinajstić information content (AvgIpc) is 3.52. The van der Waals surface area contributed by atoms with Crippen LogP contribution in [0.3, 0.4) is 0 Å². The zero-order chi connectivity index (χ0) is 25.7. The molecule has 6 nitrogen and oxygen atoms in total. The van der Waals surface area contributed by atoms with Crippen LogP contribution in [-0.2, 0) is 24.5 Å². The second-order valence-corrected chi connectivity index (χ2v) is 10.2. The van der Waals surface area contributed by atoms with Crippen molar-refractivity contribution in [3.8, 4) is 11.1 Å². The number of hydrogen-bond donors (Lipinski definition) is 1. The Morgan fingerprint density at radius 2 is 1.67 bits per heavy atom. The molecule has 0 unspecified atom stereocenters. The second-order valence-electron chi connectivity index (χ2n) is 8.47. The summed E-state index contributed by atoms with van der Waals surface area (Å²) in [5.41, 5.74) is 1.46. The summed E-state index contributed by atoms with van der Waals surface area (Å²) < 4.78 is 10.7. The van der Waals surface area contributed by atoms with Crippen LogP contribution in [-0.4, -0.2) is 31.1 Å². The average molecular weight is 546 g/mol. The molecule has 0 spiro atoms. The number of carbonyl (C=O) groups is 3. The van der Waals surface area contributed by atoms with Crippen molar-refractivity contribution in [1.82, 2.24) is 0 Å². The van der Waals surface area contributed by atoms with Crippen LogP contribution in [0.1, 0.15) is 48.5 Å². The lowest BCUT2D eigenvalue weighted by molar-refractivity contribution is -0.153. The summed E-state index contributed by atoms with van der Waals surface area (Å²) in [7, 11) is 0. The van der Waals surface area contributed by atoms with Crippen molar-refractivity contribution < 1.29 is 23.9 Å². The normalized spacial score (nSPS) is 14.3. The first-order valence-corrected chi connectivity index (χ1v) is 13.3. The molecular formula is C27H25Cl2NO5S. The van der Waals surface area contributed by atoms with E-state index in [1.807, 2.05) is 18.2 Å². The van der Waals surface area contributed by atoms with Gasteiger partial charge in [-0.25, -0.2) is 4.79 Å². The van der Waals surface area contributed by atoms with Gasteiger partial charge in [0.15, 0.2) is 6.61 Å². The maximum Gasteiger partial charge on any atom is 0.341 e. The number of rotatable bonds is 8. The Balaban J connectivity index is 1.51. The van der Waals surface area contributed by atoms with Gasteiger partial charge >= 0.3 is 11.9 Å². The fraction of sp³-hybridized carbons (Fsp3) is 0.296. The predicted octanol–water partition coefficient (Wildman–Crippen LogP) is 6.89. The molecule has 1 aromatic heterocycles. The number of amides is 1. The number of hydrogen-bond acceptors (Lipinski definition) is 6. The van der Waals surface area contributed by atoms with Crippen molar-refractivity contribution in [3.05, 3.63) is 75.1 Å². The number of anilines is 1. The molecule has 0 atom stereocenters. The molecule has 1 N–H and O–H groups in total. The van der Waals surface area contributed by atoms with Gasteiger partial charge in [0.1, 0.15) is 10.6 Å². The molecule has 0 radical (unpaired) electrons. The summed E-state index contributed by atoms with van der Waals surface area (Å²) in [6.07, 6.45) is 3.09. The van der Waals surface area contributed by atoms with E-state index in [1.165, 1.54) is 11.3 Å². The largest absolute Gasteiger partial charge is 0.462 e. The fourth-order valence-corrected chi connectivity index (χ4v) is 5.85. The zero-order valence-corrected chi connectivity index (χ0v) is 22.0. The van der Waals surface area contributed by atoms with Crippen molar-refractivity contribution in [2.45, 2.75) is 38.0 Å². The van der Waals surface area contributed by atoms with E-state index in [0.717, 1.165) is 18.4 Å². The predicted molar refractivity (Wildman–Crippen MR) is 142 cm³/mol. The first-order chi connectivity index (χ1) is 17.4. The smallest absolute Gasteiger partial charge is 0.341 e. The number of nitrogens with one attached hydrogen (secondary N) is 1. The first kappa shape index (κ1) is 26.2. The Labute approximate surface area is 223 Å². The van der Waals surface area contributed by atoms with E-state index in [-0.39, 0.29) is 12.2 Å². The van der Waals surface area contributed by atoms with Gasteiger partial charge in [0, 0.05) is 26.6 Å². The highest BCUT2D eigenvalue weighted by Crippen LogP contribution is 2.43. The minimum absolute atomic E-state index is 0.175. The zero-order valence-electron chi connectivity index (χ0n) is 19.6. The summed E-state index contributed by atoms with van der Waals surface area (Å²) in [6, 6.07) is 14.3. The molecule has 1 amide bonds. The van der Waals surface area contributed by atoms with Gasteiger partial charge in [-0.05, 0) is 43.5 Å². The molecule has 4 rings (SSSR count). The van der Waals surface area contributed by atoms with E-state index in [1.54, 1.807) is 42.6 Å². The van der Waals surface area contributed by atoms with Gasteiger partial charge in [0.2, 0.25) is 0 Å². The molecule has 9 heteroatoms. The van der Waals surface area contributed by atoms with E-state index < -0.39 is 29.9 Å². The van der Waals surface area contributed by atoms with E-state index in [0.29, 0.717) is 39.0 Å². The van der Waals surface area contributed by atoms with Crippen LogP contribution in [0.15, 0.2) is 53.9 Å². The minimum Gasteiger partial charge on any atom is -0.462 e. The molecule has 1 aliphatic rings. The SMILES string of the molecule is CCOC(=O)c1c(-c2ccccc2Cl)csc1NC(=O)COC(=O)C1(c2ccc(Cl)cc2)CCCC1. The van der Waals surface area contributed by atoms with E-state index in [9.17, 15) is 14.4 Å². The number of esters is 2. The molecule has 1 fully saturated rings. The van der Waals surface area contributed by atoms with Gasteiger partial charge in [-0.15, -0.1) is 11.3 Å². The molecule has 0 saturated heterocycles. The van der Waals surface area contributed by atoms with Crippen molar-refractivity contribution in [2.24, 2.45) is 0 Å². The Kier molecular flexibility index (Phi) is 8.34. The summed E-state index contributed by atoms with van der Waals surface area (Å²) in [5.74, 6) is -1.56. The molecule has 36 heavy (non-hydrogen) atoms. The molecule has 1 saturated carbocycles. The van der Waals surface area contributed by atoms with Gasteiger partial charge < -0.3 is 14.8 Å². The fourth-order valence-electron chi connectivity index (χ4n) is 4.52. The summed E-state index contributed by atoms with van der Waals surface area (Å²) in [6.45, 7) is 1.40. The molecule has 0 bridgehead atoms. The maximum absolute atomic E-state index is 13.2. The molecule has 1 aliphatic carbocycles. The third-order valence-electron chi connectivity index (χ3n) is 6.27. The molecule has 188 valence electrons. The summed E-state index contributed by atoms with van der Waals surface area (Å²) >= 11 is 13.5.